The van der Waals surface area contributed by atoms with Gasteiger partial charge < -0.3 is 4.74 Å². The molecule has 1 unspecified atom stereocenters. The van der Waals surface area contributed by atoms with Crippen LogP contribution in [0.2, 0.25) is 0 Å². The molecule has 0 bridgehead atoms. The highest BCUT2D eigenvalue weighted by molar-refractivity contribution is 5.97. The number of rotatable bonds is 4. The van der Waals surface area contributed by atoms with Crippen LogP contribution in [0.1, 0.15) is 16.8 Å². The Labute approximate surface area is 104 Å². The summed E-state index contributed by atoms with van der Waals surface area (Å²) in [4.78, 5) is 13.8. The SMILES string of the molecule is COC1CCN(CC(=O)c2ccc(F)c(F)c2)C1. The van der Waals surface area contributed by atoms with Gasteiger partial charge in [0.15, 0.2) is 17.4 Å². The molecule has 1 fully saturated rings. The highest BCUT2D eigenvalue weighted by Crippen LogP contribution is 2.14. The third-order valence-electron chi connectivity index (χ3n) is 3.17. The molecule has 0 saturated carbocycles. The van der Waals surface area contributed by atoms with Crippen molar-refractivity contribution in [1.29, 1.82) is 0 Å². The molecule has 5 heteroatoms. The van der Waals surface area contributed by atoms with Gasteiger partial charge in [0.05, 0.1) is 12.6 Å². The number of benzene rings is 1. The zero-order valence-corrected chi connectivity index (χ0v) is 10.2. The van der Waals surface area contributed by atoms with Crippen molar-refractivity contribution in [2.24, 2.45) is 0 Å². The number of carbonyl (C=O) groups excluding carboxylic acids is 1. The Kier molecular flexibility index (Phi) is 4.04. The van der Waals surface area contributed by atoms with Gasteiger partial charge in [0.25, 0.3) is 0 Å². The average molecular weight is 255 g/mol. The lowest BCUT2D eigenvalue weighted by atomic mass is 10.1. The van der Waals surface area contributed by atoms with Crippen LogP contribution in [0.25, 0.3) is 0 Å². The zero-order chi connectivity index (χ0) is 13.1. The lowest BCUT2D eigenvalue weighted by Gasteiger charge is -2.14. The Balaban J connectivity index is 1.97. The van der Waals surface area contributed by atoms with Crippen molar-refractivity contribution in [2.75, 3.05) is 26.7 Å². The van der Waals surface area contributed by atoms with Gasteiger partial charge in [-0.2, -0.15) is 0 Å². The maximum Gasteiger partial charge on any atom is 0.176 e. The second-order valence-electron chi connectivity index (χ2n) is 4.43. The molecule has 1 aliphatic rings. The van der Waals surface area contributed by atoms with Gasteiger partial charge in [-0.1, -0.05) is 0 Å². The summed E-state index contributed by atoms with van der Waals surface area (Å²) in [6, 6.07) is 3.23. The number of carbonyl (C=O) groups is 1. The number of halogens is 2. The summed E-state index contributed by atoms with van der Waals surface area (Å²) in [5, 5.41) is 0. The Bertz CT molecular complexity index is 451. The molecular formula is C13H15F2NO2. The van der Waals surface area contributed by atoms with E-state index in [2.05, 4.69) is 0 Å². The number of ether oxygens (including phenoxy) is 1. The standard InChI is InChI=1S/C13H15F2NO2/c1-18-10-4-5-16(7-10)8-13(17)9-2-3-11(14)12(15)6-9/h2-3,6,10H,4-5,7-8H2,1H3. The minimum Gasteiger partial charge on any atom is -0.380 e. The van der Waals surface area contributed by atoms with Gasteiger partial charge in [0.1, 0.15) is 0 Å². The van der Waals surface area contributed by atoms with Gasteiger partial charge >= 0.3 is 0 Å². The molecule has 1 atom stereocenters. The fourth-order valence-corrected chi connectivity index (χ4v) is 2.10. The number of hydrogen-bond donors (Lipinski definition) is 0. The van der Waals surface area contributed by atoms with Crippen LogP contribution in [-0.2, 0) is 4.74 Å². The largest absolute Gasteiger partial charge is 0.380 e. The molecule has 0 aromatic heterocycles. The maximum atomic E-state index is 13.0. The number of ketones is 1. The Hall–Kier alpha value is -1.33. The zero-order valence-electron chi connectivity index (χ0n) is 10.2. The molecule has 1 aliphatic heterocycles. The van der Waals surface area contributed by atoms with E-state index < -0.39 is 11.6 Å². The third-order valence-corrected chi connectivity index (χ3v) is 3.17. The van der Waals surface area contributed by atoms with E-state index in [9.17, 15) is 13.6 Å². The maximum absolute atomic E-state index is 13.0. The van der Waals surface area contributed by atoms with Crippen LogP contribution in [0.3, 0.4) is 0 Å². The summed E-state index contributed by atoms with van der Waals surface area (Å²) in [5.74, 6) is -2.13. The van der Waals surface area contributed by atoms with Crippen LogP contribution in [-0.4, -0.2) is 43.5 Å². The van der Waals surface area contributed by atoms with E-state index in [4.69, 9.17) is 4.74 Å². The topological polar surface area (TPSA) is 29.5 Å². The number of likely N-dealkylation sites (tertiary alicyclic amines) is 1. The van der Waals surface area contributed by atoms with E-state index in [0.717, 1.165) is 25.1 Å². The lowest BCUT2D eigenvalue weighted by molar-refractivity contribution is 0.0898. The van der Waals surface area contributed by atoms with Gasteiger partial charge in [-0.3, -0.25) is 9.69 Å². The normalized spacial score (nSPS) is 20.3. The predicted octanol–water partition coefficient (Wildman–Crippen LogP) is 1.87. The van der Waals surface area contributed by atoms with Crippen LogP contribution in [0.5, 0.6) is 0 Å². The second-order valence-corrected chi connectivity index (χ2v) is 4.43. The summed E-state index contributed by atoms with van der Waals surface area (Å²) in [7, 11) is 1.64. The summed E-state index contributed by atoms with van der Waals surface area (Å²) >= 11 is 0. The molecule has 3 nitrogen and oxygen atoms in total. The monoisotopic (exact) mass is 255 g/mol. The number of hydrogen-bond acceptors (Lipinski definition) is 3. The highest BCUT2D eigenvalue weighted by atomic mass is 19.2. The molecule has 0 aliphatic carbocycles. The Morgan fingerprint density at radius 3 is 2.83 bits per heavy atom. The molecule has 0 spiro atoms. The molecule has 1 aromatic rings. The Morgan fingerprint density at radius 2 is 2.22 bits per heavy atom. The molecule has 0 radical (unpaired) electrons. The fraction of sp³-hybridized carbons (Fsp3) is 0.462. The van der Waals surface area contributed by atoms with Crippen molar-refractivity contribution in [1.82, 2.24) is 4.90 Å². The minimum absolute atomic E-state index is 0.155. The molecule has 18 heavy (non-hydrogen) atoms. The van der Waals surface area contributed by atoms with E-state index in [0.29, 0.717) is 6.54 Å². The first-order valence-electron chi connectivity index (χ1n) is 5.83. The first-order chi connectivity index (χ1) is 8.60. The van der Waals surface area contributed by atoms with Gasteiger partial charge in [-0.05, 0) is 24.6 Å². The van der Waals surface area contributed by atoms with E-state index in [-0.39, 0.29) is 24.0 Å². The first kappa shape index (κ1) is 13.1. The van der Waals surface area contributed by atoms with Gasteiger partial charge in [-0.15, -0.1) is 0 Å². The smallest absolute Gasteiger partial charge is 0.176 e. The summed E-state index contributed by atoms with van der Waals surface area (Å²) in [6.45, 7) is 1.70. The molecule has 1 aromatic carbocycles. The fourth-order valence-electron chi connectivity index (χ4n) is 2.10. The number of methoxy groups -OCH3 is 1. The number of Topliss-reactive ketones (excluding diaryl/α,β-unsaturated/α-hetero) is 1. The molecule has 0 N–H and O–H groups in total. The molecular weight excluding hydrogens is 240 g/mol. The van der Waals surface area contributed by atoms with Crippen molar-refractivity contribution < 1.29 is 18.3 Å². The first-order valence-corrected chi connectivity index (χ1v) is 5.83. The minimum atomic E-state index is -0.989. The molecule has 1 saturated heterocycles. The summed E-state index contributed by atoms with van der Waals surface area (Å²) in [6.07, 6.45) is 1.05. The van der Waals surface area contributed by atoms with Gasteiger partial charge in [-0.25, -0.2) is 8.78 Å². The highest BCUT2D eigenvalue weighted by Gasteiger charge is 2.24. The summed E-state index contributed by atoms with van der Waals surface area (Å²) < 4.78 is 31.0. The third kappa shape index (κ3) is 2.91. The predicted molar refractivity (Wildman–Crippen MR) is 62.5 cm³/mol. The quantitative estimate of drug-likeness (QED) is 0.769. The van der Waals surface area contributed by atoms with Crippen molar-refractivity contribution in [3.63, 3.8) is 0 Å². The molecule has 0 amide bonds. The molecule has 1 heterocycles. The summed E-state index contributed by atoms with van der Waals surface area (Å²) in [5.41, 5.74) is 0.203. The van der Waals surface area contributed by atoms with Crippen LogP contribution < -0.4 is 0 Å². The Morgan fingerprint density at radius 1 is 1.44 bits per heavy atom. The molecule has 2 rings (SSSR count). The van der Waals surface area contributed by atoms with E-state index in [1.54, 1.807) is 7.11 Å². The average Bonchev–Trinajstić information content (AvgIpc) is 2.80. The molecule has 98 valence electrons. The van der Waals surface area contributed by atoms with Crippen LogP contribution in [0, 0.1) is 11.6 Å². The van der Waals surface area contributed by atoms with Crippen LogP contribution in [0.4, 0.5) is 8.78 Å². The van der Waals surface area contributed by atoms with Crippen molar-refractivity contribution >= 4 is 5.78 Å². The lowest BCUT2D eigenvalue weighted by Crippen LogP contribution is -2.29. The van der Waals surface area contributed by atoms with Crippen LogP contribution in [0.15, 0.2) is 18.2 Å². The van der Waals surface area contributed by atoms with Crippen molar-refractivity contribution in [3.8, 4) is 0 Å². The van der Waals surface area contributed by atoms with Crippen LogP contribution >= 0.6 is 0 Å². The van der Waals surface area contributed by atoms with Gasteiger partial charge in [0, 0.05) is 25.8 Å². The van der Waals surface area contributed by atoms with E-state index >= 15 is 0 Å². The second kappa shape index (κ2) is 5.54. The van der Waals surface area contributed by atoms with E-state index in [1.807, 2.05) is 4.90 Å². The number of nitrogens with zero attached hydrogens (tertiary/aromatic N) is 1. The van der Waals surface area contributed by atoms with Crippen molar-refractivity contribution in [2.45, 2.75) is 12.5 Å². The van der Waals surface area contributed by atoms with Gasteiger partial charge in [0.2, 0.25) is 0 Å². The van der Waals surface area contributed by atoms with Crippen molar-refractivity contribution in [3.05, 3.63) is 35.4 Å². The van der Waals surface area contributed by atoms with E-state index in [1.165, 1.54) is 6.07 Å².